The van der Waals surface area contributed by atoms with E-state index in [0.717, 1.165) is 12.7 Å². The third-order valence-electron chi connectivity index (χ3n) is 10.6. The summed E-state index contributed by atoms with van der Waals surface area (Å²) < 4.78 is 22.2. The fourth-order valence-corrected chi connectivity index (χ4v) is 6.92. The fraction of sp³-hybridized carbons (Fsp3) is 0.762. The van der Waals surface area contributed by atoms with E-state index in [9.17, 15) is 43.5 Å². The number of ether oxygens (including phenoxy) is 4. The third kappa shape index (κ3) is 27.2. The Balaban J connectivity index is 5.19. The predicted molar refractivity (Wildman–Crippen MR) is 250 cm³/mol. The second-order valence-electron chi connectivity index (χ2n) is 15.5. The molecule has 5 atom stereocenters. The molecule has 67 heavy (non-hydrogen) atoms. The van der Waals surface area contributed by atoms with Crippen LogP contribution in [0.5, 0.6) is 0 Å². The van der Waals surface area contributed by atoms with Gasteiger partial charge in [-0.1, -0.05) is 27.7 Å². The van der Waals surface area contributed by atoms with Gasteiger partial charge in [0.05, 0.1) is 64.5 Å². The zero-order valence-electron chi connectivity index (χ0n) is 39.7. The van der Waals surface area contributed by atoms with Gasteiger partial charge in [0.15, 0.2) is 0 Å². The van der Waals surface area contributed by atoms with Crippen LogP contribution in [-0.4, -0.2) is 177 Å². The van der Waals surface area contributed by atoms with Crippen molar-refractivity contribution in [1.29, 1.82) is 5.53 Å². The van der Waals surface area contributed by atoms with Crippen molar-refractivity contribution >= 4 is 72.3 Å². The molecule has 0 saturated carbocycles. The molecular weight excluding hydrogens is 899 g/mol. The summed E-state index contributed by atoms with van der Waals surface area (Å²) in [5.74, 6) is -3.82. The molecule has 0 spiro atoms. The molecule has 0 aromatic heterocycles. The van der Waals surface area contributed by atoms with Gasteiger partial charge in [-0.25, -0.2) is 5.53 Å². The number of hydrogen-bond donors (Lipinski definition) is 8. The number of hydrogen-bond acceptors (Lipinski definition) is 20. The molecule has 0 heterocycles. The molecule has 0 rings (SSSR count). The van der Waals surface area contributed by atoms with Gasteiger partial charge < -0.3 is 62.0 Å². The van der Waals surface area contributed by atoms with Crippen molar-refractivity contribution in [3.05, 3.63) is 0 Å². The van der Waals surface area contributed by atoms with Gasteiger partial charge in [0.25, 0.3) is 0 Å². The van der Waals surface area contributed by atoms with Crippen LogP contribution in [0.15, 0.2) is 15.1 Å². The number of aliphatic imine (C=N–C) groups is 2. The van der Waals surface area contributed by atoms with Gasteiger partial charge in [-0.2, -0.15) is 16.9 Å². The predicted octanol–water partition coefficient (Wildman–Crippen LogP) is -0.350. The number of nitrogens with one attached hydrogen (secondary N) is 4. The van der Waals surface area contributed by atoms with Crippen LogP contribution in [0.1, 0.15) is 98.8 Å². The Kier molecular flexibility index (Phi) is 33.0. The van der Waals surface area contributed by atoms with Crippen LogP contribution in [0.25, 0.3) is 0 Å². The van der Waals surface area contributed by atoms with Crippen molar-refractivity contribution in [1.82, 2.24) is 20.9 Å². The molecule has 3 amide bonds. The van der Waals surface area contributed by atoms with Crippen molar-refractivity contribution in [2.24, 2.45) is 32.3 Å². The highest BCUT2D eigenvalue weighted by Gasteiger charge is 2.32. The molecule has 0 aromatic rings. The lowest BCUT2D eigenvalue weighted by atomic mass is 9.93. The number of rotatable bonds is 39. The Morgan fingerprint density at radius 3 is 1.90 bits per heavy atom. The highest BCUT2D eigenvalue weighted by molar-refractivity contribution is 7.99. The Morgan fingerprint density at radius 2 is 1.36 bits per heavy atom. The first-order valence-electron chi connectivity index (χ1n) is 22.5. The first kappa shape index (κ1) is 61.7. The van der Waals surface area contributed by atoms with E-state index in [2.05, 4.69) is 31.0 Å². The lowest BCUT2D eigenvalue weighted by Crippen LogP contribution is -2.57. The number of aldehydes is 1. The largest absolute Gasteiger partial charge is 0.466 e. The van der Waals surface area contributed by atoms with Gasteiger partial charge in [-0.15, -0.1) is 0 Å². The molecule has 0 aromatic carbocycles. The molecule has 0 saturated heterocycles. The number of amides is 3. The van der Waals surface area contributed by atoms with Crippen LogP contribution in [0.4, 0.5) is 0 Å². The van der Waals surface area contributed by atoms with Crippen LogP contribution >= 0.6 is 11.8 Å². The maximum atomic E-state index is 13.4. The summed E-state index contributed by atoms with van der Waals surface area (Å²) in [5.41, 5.74) is 22.0. The normalized spacial score (nSPS) is 14.3. The maximum absolute atomic E-state index is 13.4. The van der Waals surface area contributed by atoms with E-state index >= 15 is 0 Å². The Labute approximate surface area is 397 Å². The van der Waals surface area contributed by atoms with Crippen molar-refractivity contribution in [3.63, 3.8) is 0 Å². The smallest absolute Gasteiger partial charge is 0.320 e. The number of nitrogens with two attached hydrogens (primary N) is 3. The van der Waals surface area contributed by atoms with Crippen LogP contribution < -0.4 is 33.2 Å². The van der Waals surface area contributed by atoms with Crippen molar-refractivity contribution in [2.75, 3.05) is 70.6 Å². The SMILES string of the molecule is CCC(=O)OCCC(C)(CC)OC(=O)CN(CCO)CCC(=O)OCCC(CC)(CC)OC(=O)CCSCC(N)C(=O)NC(CCN=CN)C(=O)NC(CCN=CN)C(=O)NC(C=O)CN=N. The number of thioether (sulfide) groups is 1. The number of aliphatic hydroxyl groups excluding tert-OH is 1. The van der Waals surface area contributed by atoms with E-state index in [1.807, 2.05) is 20.8 Å². The monoisotopic (exact) mass is 974 g/mol. The maximum Gasteiger partial charge on any atom is 0.320 e. The number of carbonyl (C=O) groups is 8. The summed E-state index contributed by atoms with van der Waals surface area (Å²) in [6, 6.07) is -4.61. The lowest BCUT2D eigenvalue weighted by Gasteiger charge is -2.31. The standard InChI is InChI=1S/C42H75N11O13S/c1-6-34(56)63-21-14-41(5,7-2)65-37(59)25-53(19-20-54)18-12-35(57)64-22-15-42(8-3,9-4)66-36(58)13-23-67-27-31(45)38(60)51-33(11-17-48-29-44)40(62)52-32(10-16-47-28-43)39(61)50-30(26-55)24-49-46/h26,28-33,46,54H,6-25,27,45H2,1-5H3,(H2,43,47)(H2,44,48)(H,50,61)(H,51,60)(H,52,62). The second kappa shape index (κ2) is 35.9. The molecule has 25 heteroatoms. The molecule has 0 aliphatic heterocycles. The second-order valence-corrected chi connectivity index (χ2v) is 16.7. The van der Waals surface area contributed by atoms with Gasteiger partial charge in [-0.3, -0.25) is 48.4 Å². The van der Waals surface area contributed by atoms with Crippen LogP contribution in [0.3, 0.4) is 0 Å². The zero-order valence-corrected chi connectivity index (χ0v) is 40.5. The van der Waals surface area contributed by atoms with Gasteiger partial charge >= 0.3 is 23.9 Å². The molecule has 0 radical (unpaired) electrons. The van der Waals surface area contributed by atoms with E-state index in [4.69, 9.17) is 41.7 Å². The average Bonchev–Trinajstić information content (AvgIpc) is 3.30. The zero-order chi connectivity index (χ0) is 50.7. The number of nitrogens with zero attached hydrogens (tertiary/aromatic N) is 4. The van der Waals surface area contributed by atoms with Gasteiger partial charge in [0.2, 0.25) is 17.7 Å². The van der Waals surface area contributed by atoms with Crippen molar-refractivity contribution < 1.29 is 62.4 Å². The van der Waals surface area contributed by atoms with Gasteiger partial charge in [0.1, 0.15) is 35.6 Å². The molecule has 382 valence electrons. The summed E-state index contributed by atoms with van der Waals surface area (Å²) in [6.45, 7) is 8.61. The molecule has 0 bridgehead atoms. The summed E-state index contributed by atoms with van der Waals surface area (Å²) >= 11 is 1.21. The summed E-state index contributed by atoms with van der Waals surface area (Å²) in [4.78, 5) is 110. The van der Waals surface area contributed by atoms with Crippen LogP contribution in [0.2, 0.25) is 0 Å². The van der Waals surface area contributed by atoms with Crippen molar-refractivity contribution in [3.8, 4) is 0 Å². The molecule has 24 nitrogen and oxygen atoms in total. The first-order valence-corrected chi connectivity index (χ1v) is 23.6. The first-order chi connectivity index (χ1) is 31.9. The van der Waals surface area contributed by atoms with Crippen LogP contribution in [-0.2, 0) is 57.3 Å². The number of carbonyl (C=O) groups excluding carboxylic acids is 8. The summed E-state index contributed by atoms with van der Waals surface area (Å²) in [6.07, 6.45) is 4.48. The quantitative estimate of drug-likeness (QED) is 0.00742. The van der Waals surface area contributed by atoms with Gasteiger partial charge in [-0.05, 0) is 39.0 Å². The molecule has 0 fully saturated rings. The molecule has 11 N–H and O–H groups in total. The van der Waals surface area contributed by atoms with Gasteiger partial charge in [0, 0.05) is 56.9 Å². The van der Waals surface area contributed by atoms with E-state index in [0.29, 0.717) is 32.0 Å². The fourth-order valence-electron chi connectivity index (χ4n) is 6.04. The highest BCUT2D eigenvalue weighted by Crippen LogP contribution is 2.26. The molecule has 0 aliphatic rings. The minimum atomic E-state index is -1.20. The molecule has 0 aliphatic carbocycles. The topological polar surface area (TPSA) is 372 Å². The van der Waals surface area contributed by atoms with Crippen LogP contribution in [0, 0.1) is 5.53 Å². The summed E-state index contributed by atoms with van der Waals surface area (Å²) in [5, 5.41) is 20.2. The van der Waals surface area contributed by atoms with E-state index in [-0.39, 0.29) is 115 Å². The third-order valence-corrected chi connectivity index (χ3v) is 11.7. The highest BCUT2D eigenvalue weighted by atomic mass is 32.2. The minimum absolute atomic E-state index is 0.0140. The number of esters is 4. The van der Waals surface area contributed by atoms with E-state index < -0.39 is 71.0 Å². The Hall–Kier alpha value is -5.27. The Morgan fingerprint density at radius 1 is 0.776 bits per heavy atom. The Bertz CT molecular complexity index is 1610. The van der Waals surface area contributed by atoms with Crippen molar-refractivity contribution in [2.45, 2.75) is 134 Å². The minimum Gasteiger partial charge on any atom is -0.466 e. The lowest BCUT2D eigenvalue weighted by molar-refractivity contribution is -0.165. The van der Waals surface area contributed by atoms with E-state index in [1.54, 1.807) is 18.7 Å². The molecular formula is C42H75N11O13S. The van der Waals surface area contributed by atoms with E-state index in [1.165, 1.54) is 11.8 Å². The molecule has 5 unspecified atom stereocenters. The summed E-state index contributed by atoms with van der Waals surface area (Å²) in [7, 11) is 0. The number of aliphatic hydroxyl groups is 1. The average molecular weight is 974 g/mol.